The summed E-state index contributed by atoms with van der Waals surface area (Å²) in [6.45, 7) is 7.86. The molecule has 6 heteroatoms. The first kappa shape index (κ1) is 21.7. The van der Waals surface area contributed by atoms with Crippen molar-refractivity contribution < 1.29 is 13.9 Å². The molecule has 164 valence electrons. The van der Waals surface area contributed by atoms with Gasteiger partial charge in [0.05, 0.1) is 36.7 Å². The molecule has 0 fully saturated rings. The van der Waals surface area contributed by atoms with E-state index in [1.54, 1.807) is 11.7 Å². The number of hydrogen-bond donors (Lipinski definition) is 0. The Morgan fingerprint density at radius 2 is 1.97 bits per heavy atom. The highest BCUT2D eigenvalue weighted by atomic mass is 19.1. The number of aromatic nitrogens is 2. The van der Waals surface area contributed by atoms with E-state index in [0.29, 0.717) is 37.4 Å². The molecule has 0 spiro atoms. The lowest BCUT2D eigenvalue weighted by molar-refractivity contribution is 0.134. The fraction of sp³-hybridized carbons (Fsp3) is 0.440. The van der Waals surface area contributed by atoms with Gasteiger partial charge in [-0.05, 0) is 55.0 Å². The van der Waals surface area contributed by atoms with Crippen LogP contribution in [-0.4, -0.2) is 23.3 Å². The normalized spacial score (nSPS) is 13.6. The number of hydrogen-bond acceptors (Lipinski definition) is 4. The summed E-state index contributed by atoms with van der Waals surface area (Å²) < 4.78 is 27.0. The van der Waals surface area contributed by atoms with Crippen LogP contribution in [0.2, 0.25) is 0 Å². The fourth-order valence-electron chi connectivity index (χ4n) is 4.52. The van der Waals surface area contributed by atoms with Crippen molar-refractivity contribution in [2.45, 2.75) is 59.8 Å². The Morgan fingerprint density at radius 3 is 2.74 bits per heavy atom. The summed E-state index contributed by atoms with van der Waals surface area (Å²) in [5.41, 5.74) is 6.60. The molecule has 1 aromatic carbocycles. The van der Waals surface area contributed by atoms with Crippen LogP contribution in [-0.2, 0) is 35.7 Å². The molecule has 0 unspecified atom stereocenters. The van der Waals surface area contributed by atoms with Crippen LogP contribution in [0, 0.1) is 12.7 Å². The van der Waals surface area contributed by atoms with E-state index < -0.39 is 0 Å². The highest BCUT2D eigenvalue weighted by molar-refractivity contribution is 5.88. The van der Waals surface area contributed by atoms with Crippen LogP contribution in [0.5, 0.6) is 0 Å². The monoisotopic (exact) mass is 424 g/mol. The molecular weight excluding hydrogens is 395 g/mol. The molecular formula is C25H29FN2O3. The standard InChI is InChI=1S/C23H23FN2O3.C2H6/c1-13-16(5-3-4-6-28-2)17-7-14-10-26-21(22(14)25-20(17)9-19(13)24)8-15-11-29-12-18(15)23(26)27;1-2/h7-9H,3-6,10-12H2,1-2H3;1-2H3. The second kappa shape index (κ2) is 8.89. The van der Waals surface area contributed by atoms with E-state index in [9.17, 15) is 9.18 Å². The van der Waals surface area contributed by atoms with Gasteiger partial charge in [0.15, 0.2) is 0 Å². The number of nitrogens with zero attached hydrogens (tertiary/aromatic N) is 2. The Balaban J connectivity index is 0.00000112. The summed E-state index contributed by atoms with van der Waals surface area (Å²) in [5.74, 6) is -0.232. The minimum atomic E-state index is -0.232. The van der Waals surface area contributed by atoms with Gasteiger partial charge >= 0.3 is 0 Å². The van der Waals surface area contributed by atoms with Crippen LogP contribution in [0.1, 0.15) is 54.5 Å². The molecule has 0 radical (unpaired) electrons. The van der Waals surface area contributed by atoms with Crippen molar-refractivity contribution in [1.82, 2.24) is 9.55 Å². The van der Waals surface area contributed by atoms with Gasteiger partial charge in [0.1, 0.15) is 5.82 Å². The molecule has 0 saturated heterocycles. The Hall–Kier alpha value is -2.57. The van der Waals surface area contributed by atoms with Gasteiger partial charge in [-0.1, -0.05) is 13.8 Å². The summed E-state index contributed by atoms with van der Waals surface area (Å²) in [5, 5.41) is 0.983. The van der Waals surface area contributed by atoms with E-state index in [-0.39, 0.29) is 11.4 Å². The van der Waals surface area contributed by atoms with Crippen molar-refractivity contribution in [2.24, 2.45) is 0 Å². The lowest BCUT2D eigenvalue weighted by Crippen LogP contribution is -2.22. The van der Waals surface area contributed by atoms with Crippen LogP contribution >= 0.6 is 0 Å². The molecule has 0 saturated carbocycles. The molecule has 0 bridgehead atoms. The molecule has 31 heavy (non-hydrogen) atoms. The third-order valence-electron chi connectivity index (χ3n) is 6.12. The van der Waals surface area contributed by atoms with Crippen LogP contribution < -0.4 is 5.56 Å². The lowest BCUT2D eigenvalue weighted by atomic mass is 9.95. The molecule has 0 atom stereocenters. The second-order valence-electron chi connectivity index (χ2n) is 7.89. The van der Waals surface area contributed by atoms with E-state index in [2.05, 4.69) is 6.07 Å². The molecule has 3 aromatic rings. The fourth-order valence-corrected chi connectivity index (χ4v) is 4.52. The number of aryl methyl sites for hydroxylation is 1. The van der Waals surface area contributed by atoms with Gasteiger partial charge in [0.25, 0.3) is 5.56 Å². The molecule has 2 aliphatic heterocycles. The zero-order chi connectivity index (χ0) is 22.1. The highest BCUT2D eigenvalue weighted by Gasteiger charge is 2.27. The smallest absolute Gasteiger partial charge is 0.257 e. The van der Waals surface area contributed by atoms with Crippen LogP contribution in [0.15, 0.2) is 23.0 Å². The minimum Gasteiger partial charge on any atom is -0.385 e. The second-order valence-corrected chi connectivity index (χ2v) is 7.89. The topological polar surface area (TPSA) is 53.4 Å². The van der Waals surface area contributed by atoms with Gasteiger partial charge in [0.2, 0.25) is 0 Å². The number of benzene rings is 1. The molecule has 4 heterocycles. The first-order chi connectivity index (χ1) is 15.1. The van der Waals surface area contributed by atoms with Crippen LogP contribution in [0.4, 0.5) is 4.39 Å². The van der Waals surface area contributed by atoms with Crippen molar-refractivity contribution >= 4 is 10.9 Å². The maximum Gasteiger partial charge on any atom is 0.257 e. The third-order valence-corrected chi connectivity index (χ3v) is 6.12. The SMILES string of the molecule is CC.COCCCCc1c(C)c(F)cc2nc3c(cc12)Cn1c-3cc2c(c1=O)COC2. The number of halogens is 1. The highest BCUT2D eigenvalue weighted by Crippen LogP contribution is 2.36. The van der Waals surface area contributed by atoms with Gasteiger partial charge in [-0.2, -0.15) is 0 Å². The maximum atomic E-state index is 14.6. The summed E-state index contributed by atoms with van der Waals surface area (Å²) in [6.07, 6.45) is 2.64. The van der Waals surface area contributed by atoms with Crippen molar-refractivity contribution in [3.63, 3.8) is 0 Å². The van der Waals surface area contributed by atoms with Crippen molar-refractivity contribution in [3.8, 4) is 11.4 Å². The maximum absolute atomic E-state index is 14.6. The summed E-state index contributed by atoms with van der Waals surface area (Å²) in [7, 11) is 1.69. The number of fused-ring (bicyclic) bond motifs is 5. The zero-order valence-electron chi connectivity index (χ0n) is 18.7. The van der Waals surface area contributed by atoms with Crippen molar-refractivity contribution in [2.75, 3.05) is 13.7 Å². The van der Waals surface area contributed by atoms with E-state index in [1.807, 2.05) is 26.8 Å². The quantitative estimate of drug-likeness (QED) is 0.428. The van der Waals surface area contributed by atoms with E-state index in [1.165, 1.54) is 6.07 Å². The van der Waals surface area contributed by atoms with E-state index in [0.717, 1.165) is 58.3 Å². The van der Waals surface area contributed by atoms with Crippen LogP contribution in [0.25, 0.3) is 22.3 Å². The van der Waals surface area contributed by atoms with E-state index in [4.69, 9.17) is 14.5 Å². The van der Waals surface area contributed by atoms with Gasteiger partial charge < -0.3 is 14.0 Å². The summed E-state index contributed by atoms with van der Waals surface area (Å²) in [4.78, 5) is 17.7. The number of ether oxygens (including phenoxy) is 2. The largest absolute Gasteiger partial charge is 0.385 e. The molecule has 0 amide bonds. The Bertz CT molecular complexity index is 1200. The Labute approximate surface area is 181 Å². The predicted molar refractivity (Wildman–Crippen MR) is 120 cm³/mol. The number of rotatable bonds is 5. The minimum absolute atomic E-state index is 0.000735. The Morgan fingerprint density at radius 1 is 1.16 bits per heavy atom. The van der Waals surface area contributed by atoms with Crippen molar-refractivity contribution in [1.29, 1.82) is 0 Å². The van der Waals surface area contributed by atoms with Gasteiger partial charge in [-0.3, -0.25) is 4.79 Å². The molecule has 2 aromatic heterocycles. The molecule has 0 aliphatic carbocycles. The first-order valence-corrected chi connectivity index (χ1v) is 11.0. The molecule has 0 N–H and O–H groups in total. The number of methoxy groups -OCH3 is 1. The summed E-state index contributed by atoms with van der Waals surface area (Å²) in [6, 6.07) is 5.62. The molecule has 5 nitrogen and oxygen atoms in total. The third kappa shape index (κ3) is 3.68. The zero-order valence-corrected chi connectivity index (χ0v) is 18.7. The van der Waals surface area contributed by atoms with E-state index >= 15 is 0 Å². The van der Waals surface area contributed by atoms with Crippen molar-refractivity contribution in [3.05, 3.63) is 62.2 Å². The predicted octanol–water partition coefficient (Wildman–Crippen LogP) is 4.90. The Kier molecular flexibility index (Phi) is 6.21. The van der Waals surface area contributed by atoms with Crippen LogP contribution in [0.3, 0.4) is 0 Å². The summed E-state index contributed by atoms with van der Waals surface area (Å²) >= 11 is 0. The van der Waals surface area contributed by atoms with Gasteiger partial charge in [-0.25, -0.2) is 9.37 Å². The molecule has 2 aliphatic rings. The average Bonchev–Trinajstić information content (AvgIpc) is 3.39. The number of pyridine rings is 2. The van der Waals surface area contributed by atoms with Gasteiger partial charge in [0, 0.05) is 36.3 Å². The average molecular weight is 425 g/mol. The molecule has 5 rings (SSSR count). The van der Waals surface area contributed by atoms with Gasteiger partial charge in [-0.15, -0.1) is 0 Å². The lowest BCUT2D eigenvalue weighted by Gasteiger charge is -2.13. The number of unbranched alkanes of at least 4 members (excludes halogenated alkanes) is 1. The first-order valence-electron chi connectivity index (χ1n) is 11.0.